The molecule has 3 rings (SSSR count). The van der Waals surface area contributed by atoms with Gasteiger partial charge in [0.05, 0.1) is 16.9 Å². The monoisotopic (exact) mass is 331 g/mol. The molecule has 0 unspecified atom stereocenters. The highest BCUT2D eigenvalue weighted by molar-refractivity contribution is 6.32. The van der Waals surface area contributed by atoms with Gasteiger partial charge in [-0.3, -0.25) is 0 Å². The maximum Gasteiger partial charge on any atom is 0.220 e. The average Bonchev–Trinajstić information content (AvgIpc) is 2.54. The molecule has 0 atom stereocenters. The van der Waals surface area contributed by atoms with Crippen LogP contribution in [0.4, 0.5) is 14.7 Å². The average molecular weight is 332 g/mol. The van der Waals surface area contributed by atoms with E-state index in [4.69, 9.17) is 17.3 Å². The van der Waals surface area contributed by atoms with E-state index < -0.39 is 0 Å². The Balaban J connectivity index is 1.99. The Kier molecular flexibility index (Phi) is 4.21. The second-order valence-corrected chi connectivity index (χ2v) is 5.44. The second kappa shape index (κ2) is 6.30. The van der Waals surface area contributed by atoms with Gasteiger partial charge in [0.15, 0.2) is 0 Å². The zero-order chi connectivity index (χ0) is 16.4. The summed E-state index contributed by atoms with van der Waals surface area (Å²) < 4.78 is 27.0. The number of rotatable bonds is 3. The van der Waals surface area contributed by atoms with Crippen molar-refractivity contribution >= 4 is 17.5 Å². The van der Waals surface area contributed by atoms with E-state index in [1.165, 1.54) is 24.4 Å². The van der Waals surface area contributed by atoms with E-state index >= 15 is 0 Å². The highest BCUT2D eigenvalue weighted by Crippen LogP contribution is 2.28. The number of nitrogens with zero attached hydrogens (tertiary/aromatic N) is 2. The minimum atomic E-state index is -0.351. The predicted octanol–water partition coefficient (Wildman–Crippen LogP) is 4.25. The van der Waals surface area contributed by atoms with Gasteiger partial charge in [0, 0.05) is 12.0 Å². The lowest BCUT2D eigenvalue weighted by Crippen LogP contribution is -1.98. The van der Waals surface area contributed by atoms with Crippen molar-refractivity contribution in [1.29, 1.82) is 0 Å². The second-order valence-electron chi connectivity index (χ2n) is 5.03. The van der Waals surface area contributed by atoms with Crippen LogP contribution >= 0.6 is 11.6 Å². The molecule has 0 fully saturated rings. The van der Waals surface area contributed by atoms with Crippen LogP contribution in [0.15, 0.2) is 48.7 Å². The maximum atomic E-state index is 14.1. The van der Waals surface area contributed by atoms with Crippen LogP contribution in [0.1, 0.15) is 11.1 Å². The lowest BCUT2D eigenvalue weighted by molar-refractivity contribution is 0.613. The van der Waals surface area contributed by atoms with Gasteiger partial charge in [-0.1, -0.05) is 23.7 Å². The molecule has 0 radical (unpaired) electrons. The smallest absolute Gasteiger partial charge is 0.220 e. The van der Waals surface area contributed by atoms with E-state index in [1.54, 1.807) is 24.3 Å². The molecule has 0 bridgehead atoms. The molecule has 0 saturated carbocycles. The van der Waals surface area contributed by atoms with Crippen LogP contribution in [0.3, 0.4) is 0 Å². The fraction of sp³-hybridized carbons (Fsp3) is 0.0588. The summed E-state index contributed by atoms with van der Waals surface area (Å²) >= 11 is 6.08. The molecule has 0 amide bonds. The van der Waals surface area contributed by atoms with Crippen LogP contribution in [-0.2, 0) is 6.42 Å². The lowest BCUT2D eigenvalue weighted by Gasteiger charge is -2.08. The third kappa shape index (κ3) is 3.46. The molecule has 3 nitrogen and oxygen atoms in total. The SMILES string of the molecule is Nc1ncc(Cl)c(-c2ccc(F)c(Cc3ccc(F)cc3)c2)n1. The van der Waals surface area contributed by atoms with Gasteiger partial charge in [0.2, 0.25) is 5.95 Å². The number of nitrogen functional groups attached to an aromatic ring is 1. The Morgan fingerprint density at radius 2 is 1.78 bits per heavy atom. The third-order valence-corrected chi connectivity index (χ3v) is 3.67. The summed E-state index contributed by atoms with van der Waals surface area (Å²) in [7, 11) is 0. The first-order chi connectivity index (χ1) is 11.0. The molecule has 23 heavy (non-hydrogen) atoms. The van der Waals surface area contributed by atoms with E-state index in [0.717, 1.165) is 5.56 Å². The molecule has 0 aliphatic carbocycles. The lowest BCUT2D eigenvalue weighted by atomic mass is 10.0. The highest BCUT2D eigenvalue weighted by Gasteiger charge is 2.11. The van der Waals surface area contributed by atoms with Crippen LogP contribution in [0.5, 0.6) is 0 Å². The van der Waals surface area contributed by atoms with E-state index in [2.05, 4.69) is 9.97 Å². The quantitative estimate of drug-likeness (QED) is 0.780. The predicted molar refractivity (Wildman–Crippen MR) is 86.1 cm³/mol. The minimum Gasteiger partial charge on any atom is -0.368 e. The Morgan fingerprint density at radius 3 is 2.52 bits per heavy atom. The first-order valence-corrected chi connectivity index (χ1v) is 7.22. The van der Waals surface area contributed by atoms with E-state index in [0.29, 0.717) is 28.3 Å². The van der Waals surface area contributed by atoms with Gasteiger partial charge in [-0.15, -0.1) is 0 Å². The van der Waals surface area contributed by atoms with Crippen molar-refractivity contribution in [3.63, 3.8) is 0 Å². The topological polar surface area (TPSA) is 51.8 Å². The molecule has 116 valence electrons. The van der Waals surface area contributed by atoms with Crippen LogP contribution in [0, 0.1) is 11.6 Å². The van der Waals surface area contributed by atoms with Gasteiger partial charge in [0.25, 0.3) is 0 Å². The summed E-state index contributed by atoms with van der Waals surface area (Å²) in [5.74, 6) is -0.587. The molecule has 0 saturated heterocycles. The highest BCUT2D eigenvalue weighted by atomic mass is 35.5. The first kappa shape index (κ1) is 15.4. The van der Waals surface area contributed by atoms with Crippen molar-refractivity contribution in [2.24, 2.45) is 0 Å². The number of anilines is 1. The molecular formula is C17H12ClF2N3. The van der Waals surface area contributed by atoms with Gasteiger partial charge in [-0.05, 0) is 41.5 Å². The standard InChI is InChI=1S/C17H12ClF2N3/c18-14-9-22-17(21)23-16(14)11-3-6-15(20)12(8-11)7-10-1-4-13(19)5-2-10/h1-6,8-9H,7H2,(H2,21,22,23). The number of hydrogen-bond acceptors (Lipinski definition) is 3. The van der Waals surface area contributed by atoms with Gasteiger partial charge in [-0.25, -0.2) is 18.7 Å². The Hall–Kier alpha value is -2.53. The summed E-state index contributed by atoms with van der Waals surface area (Å²) in [5.41, 5.74) is 7.93. The molecule has 6 heteroatoms. The van der Waals surface area contributed by atoms with Crippen molar-refractivity contribution in [1.82, 2.24) is 9.97 Å². The summed E-state index contributed by atoms with van der Waals surface area (Å²) in [6.07, 6.45) is 1.74. The van der Waals surface area contributed by atoms with Gasteiger partial charge in [0.1, 0.15) is 11.6 Å². The van der Waals surface area contributed by atoms with Crippen LogP contribution in [0.25, 0.3) is 11.3 Å². The van der Waals surface area contributed by atoms with Crippen molar-refractivity contribution in [3.05, 3.63) is 76.4 Å². The number of aromatic nitrogens is 2. The van der Waals surface area contributed by atoms with Gasteiger partial charge in [-0.2, -0.15) is 0 Å². The number of hydrogen-bond donors (Lipinski definition) is 1. The summed E-state index contributed by atoms with van der Waals surface area (Å²) in [6, 6.07) is 10.5. The number of benzene rings is 2. The molecular weight excluding hydrogens is 320 g/mol. The van der Waals surface area contributed by atoms with Crippen molar-refractivity contribution < 1.29 is 8.78 Å². The molecule has 0 aliphatic heterocycles. The third-order valence-electron chi connectivity index (χ3n) is 3.39. The zero-order valence-corrected chi connectivity index (χ0v) is 12.7. The van der Waals surface area contributed by atoms with E-state index in [-0.39, 0.29) is 17.6 Å². The zero-order valence-electron chi connectivity index (χ0n) is 11.9. The molecule has 3 aromatic rings. The maximum absolute atomic E-state index is 14.1. The molecule has 2 N–H and O–H groups in total. The van der Waals surface area contributed by atoms with E-state index in [9.17, 15) is 8.78 Å². The fourth-order valence-electron chi connectivity index (χ4n) is 2.26. The molecule has 0 aliphatic rings. The number of nitrogens with two attached hydrogens (primary N) is 1. The Bertz CT molecular complexity index is 851. The normalized spacial score (nSPS) is 10.7. The molecule has 1 aromatic heterocycles. The summed E-state index contributed by atoms with van der Waals surface area (Å²) in [5, 5.41) is 0.332. The van der Waals surface area contributed by atoms with Crippen molar-refractivity contribution in [2.75, 3.05) is 5.73 Å². The summed E-state index contributed by atoms with van der Waals surface area (Å²) in [6.45, 7) is 0. The number of halogens is 3. The molecule has 1 heterocycles. The van der Waals surface area contributed by atoms with Crippen LogP contribution < -0.4 is 5.73 Å². The van der Waals surface area contributed by atoms with Crippen LogP contribution in [-0.4, -0.2) is 9.97 Å². The molecule has 0 spiro atoms. The Labute approximate surface area is 136 Å². The minimum absolute atomic E-state index is 0.0915. The Morgan fingerprint density at radius 1 is 1.04 bits per heavy atom. The fourth-order valence-corrected chi connectivity index (χ4v) is 2.46. The largest absolute Gasteiger partial charge is 0.368 e. The first-order valence-electron chi connectivity index (χ1n) is 6.84. The van der Waals surface area contributed by atoms with Crippen molar-refractivity contribution in [3.8, 4) is 11.3 Å². The molecule has 2 aromatic carbocycles. The van der Waals surface area contributed by atoms with Gasteiger partial charge >= 0.3 is 0 Å². The summed E-state index contributed by atoms with van der Waals surface area (Å²) in [4.78, 5) is 7.90. The van der Waals surface area contributed by atoms with Crippen LogP contribution in [0.2, 0.25) is 5.02 Å². The van der Waals surface area contributed by atoms with Crippen molar-refractivity contribution in [2.45, 2.75) is 6.42 Å². The van der Waals surface area contributed by atoms with E-state index in [1.807, 2.05) is 0 Å². The van der Waals surface area contributed by atoms with Gasteiger partial charge < -0.3 is 5.73 Å².